The fourth-order valence-electron chi connectivity index (χ4n) is 1.93. The van der Waals surface area contributed by atoms with Gasteiger partial charge in [0.25, 0.3) is 5.52 Å². The van der Waals surface area contributed by atoms with Crippen LogP contribution in [0.5, 0.6) is 0 Å². The second-order valence-corrected chi connectivity index (χ2v) is 4.42. The number of para-hydroxylation sites is 2. The lowest BCUT2D eigenvalue weighted by Crippen LogP contribution is -2.37. The van der Waals surface area contributed by atoms with E-state index >= 15 is 0 Å². The molecule has 0 fully saturated rings. The number of hydrogen-bond acceptors (Lipinski definition) is 4. The number of fused-ring (bicyclic) bond motifs is 1. The van der Waals surface area contributed by atoms with Gasteiger partial charge in [-0.15, -0.1) is 4.85 Å². The van der Waals surface area contributed by atoms with Gasteiger partial charge in [0.05, 0.1) is 15.0 Å². The van der Waals surface area contributed by atoms with Gasteiger partial charge >= 0.3 is 5.69 Å². The monoisotopic (exact) mass is 290 g/mol. The van der Waals surface area contributed by atoms with Crippen molar-refractivity contribution in [3.63, 3.8) is 0 Å². The highest BCUT2D eigenvalue weighted by molar-refractivity contribution is 6.34. The van der Waals surface area contributed by atoms with Gasteiger partial charge in [0.2, 0.25) is 11.2 Å². The first kappa shape index (κ1) is 12.4. The van der Waals surface area contributed by atoms with Crippen molar-refractivity contribution < 1.29 is 9.77 Å². The lowest BCUT2D eigenvalue weighted by molar-refractivity contribution is -0.665. The van der Waals surface area contributed by atoms with Crippen LogP contribution in [0.4, 0.5) is 5.69 Å². The molecular formula is C12H7ClN4O3. The fraction of sp³-hybridized carbons (Fsp3) is 0. The Hall–Kier alpha value is -2.67. The normalized spacial score (nSPS) is 10.8. The molecule has 0 aliphatic carbocycles. The number of halogens is 1. The molecule has 0 saturated heterocycles. The van der Waals surface area contributed by atoms with Crippen molar-refractivity contribution in [2.45, 2.75) is 0 Å². The Morgan fingerprint density at radius 2 is 1.95 bits per heavy atom. The first-order valence-corrected chi connectivity index (χ1v) is 5.98. The maximum Gasteiger partial charge on any atom is 0.300 e. The van der Waals surface area contributed by atoms with E-state index in [9.17, 15) is 15.3 Å². The molecule has 2 aromatic carbocycles. The second-order valence-electron chi connectivity index (χ2n) is 4.02. The van der Waals surface area contributed by atoms with Crippen LogP contribution in [-0.4, -0.2) is 14.8 Å². The Labute approximate surface area is 117 Å². The van der Waals surface area contributed by atoms with Crippen LogP contribution in [0.15, 0.2) is 42.5 Å². The molecule has 0 bridgehead atoms. The number of nitro groups is 1. The summed E-state index contributed by atoms with van der Waals surface area (Å²) in [5.74, 6) is 0. The highest BCUT2D eigenvalue weighted by atomic mass is 35.5. The zero-order chi connectivity index (χ0) is 14.3. The van der Waals surface area contributed by atoms with Crippen molar-refractivity contribution in [1.82, 2.24) is 9.90 Å². The molecule has 0 spiro atoms. The molecule has 3 rings (SSSR count). The quantitative estimate of drug-likeness (QED) is 0.313. The van der Waals surface area contributed by atoms with Crippen LogP contribution in [0.25, 0.3) is 16.7 Å². The van der Waals surface area contributed by atoms with Crippen molar-refractivity contribution >= 4 is 28.3 Å². The van der Waals surface area contributed by atoms with E-state index in [0.717, 1.165) is 4.80 Å². The lowest BCUT2D eigenvalue weighted by atomic mass is 10.3. The zero-order valence-corrected chi connectivity index (χ0v) is 10.7. The Bertz CT molecular complexity index is 831. The van der Waals surface area contributed by atoms with Crippen LogP contribution in [0, 0.1) is 15.3 Å². The summed E-state index contributed by atoms with van der Waals surface area (Å²) in [4.78, 5) is 11.9. The van der Waals surface area contributed by atoms with Gasteiger partial charge in [-0.3, -0.25) is 10.1 Å². The van der Waals surface area contributed by atoms with Gasteiger partial charge < -0.3 is 5.21 Å². The molecular weight excluding hydrogens is 284 g/mol. The van der Waals surface area contributed by atoms with Crippen molar-refractivity contribution in [2.75, 3.05) is 0 Å². The summed E-state index contributed by atoms with van der Waals surface area (Å²) >= 11 is 5.97. The second kappa shape index (κ2) is 4.46. The molecule has 8 heteroatoms. The van der Waals surface area contributed by atoms with Crippen LogP contribution in [0.3, 0.4) is 0 Å². The maximum atomic E-state index is 12.2. The summed E-state index contributed by atoms with van der Waals surface area (Å²) in [5.41, 5.74) is 0.416. The van der Waals surface area contributed by atoms with Crippen molar-refractivity contribution in [3.8, 4) is 5.69 Å². The van der Waals surface area contributed by atoms with E-state index in [1.165, 1.54) is 18.2 Å². The van der Waals surface area contributed by atoms with Crippen LogP contribution < -0.4 is 4.85 Å². The highest BCUT2D eigenvalue weighted by Crippen LogP contribution is 2.23. The van der Waals surface area contributed by atoms with Gasteiger partial charge in [0.1, 0.15) is 0 Å². The average molecular weight is 291 g/mol. The average Bonchev–Trinajstić information content (AvgIpc) is 2.78. The summed E-state index contributed by atoms with van der Waals surface area (Å²) in [7, 11) is 0. The van der Waals surface area contributed by atoms with E-state index in [4.69, 9.17) is 11.6 Å². The molecule has 0 aliphatic rings. The van der Waals surface area contributed by atoms with E-state index in [2.05, 4.69) is 5.10 Å². The Kier molecular flexibility index (Phi) is 2.76. The lowest BCUT2D eigenvalue weighted by Gasteiger charge is -2.03. The number of benzene rings is 2. The van der Waals surface area contributed by atoms with Crippen LogP contribution in [0.1, 0.15) is 0 Å². The van der Waals surface area contributed by atoms with Crippen molar-refractivity contribution in [2.24, 2.45) is 0 Å². The van der Waals surface area contributed by atoms with Crippen LogP contribution in [0.2, 0.25) is 5.02 Å². The van der Waals surface area contributed by atoms with E-state index < -0.39 is 4.92 Å². The molecule has 1 aromatic heterocycles. The molecule has 0 amide bonds. The SMILES string of the molecule is O=[N+]([O-])c1ccccc1-n1nc2c(Cl)cccc2[n+]1[O-]. The zero-order valence-electron chi connectivity index (χ0n) is 9.93. The Morgan fingerprint density at radius 1 is 1.20 bits per heavy atom. The third-order valence-corrected chi connectivity index (χ3v) is 3.14. The summed E-state index contributed by atoms with van der Waals surface area (Å²) in [6, 6.07) is 10.6. The highest BCUT2D eigenvalue weighted by Gasteiger charge is 2.24. The number of nitrogens with zero attached hydrogens (tertiary/aromatic N) is 4. The van der Waals surface area contributed by atoms with Gasteiger partial charge in [0, 0.05) is 10.9 Å². The number of nitro benzene ring substituents is 1. The van der Waals surface area contributed by atoms with Gasteiger partial charge in [-0.25, -0.2) is 0 Å². The van der Waals surface area contributed by atoms with Gasteiger partial charge in [0.15, 0.2) is 0 Å². The molecule has 0 saturated carbocycles. The smallest absolute Gasteiger partial charge is 0.300 e. The van der Waals surface area contributed by atoms with Gasteiger partial charge in [-0.05, 0) is 18.2 Å². The molecule has 0 N–H and O–H groups in total. The summed E-state index contributed by atoms with van der Waals surface area (Å²) in [6.45, 7) is 0. The maximum absolute atomic E-state index is 12.2. The number of hydrogen-bond donors (Lipinski definition) is 0. The Morgan fingerprint density at radius 3 is 2.65 bits per heavy atom. The van der Waals surface area contributed by atoms with E-state index in [1.807, 2.05) is 0 Å². The third kappa shape index (κ3) is 1.76. The molecule has 3 aromatic rings. The molecule has 20 heavy (non-hydrogen) atoms. The van der Waals surface area contributed by atoms with Crippen LogP contribution in [-0.2, 0) is 0 Å². The molecule has 0 aliphatic heterocycles. The van der Waals surface area contributed by atoms with E-state index in [0.29, 0.717) is 15.4 Å². The largest absolute Gasteiger partial charge is 0.692 e. The number of rotatable bonds is 2. The van der Waals surface area contributed by atoms with Gasteiger partial charge in [-0.1, -0.05) is 29.8 Å². The summed E-state index contributed by atoms with van der Waals surface area (Å²) < 4.78 is 0. The van der Waals surface area contributed by atoms with Gasteiger partial charge in [-0.2, -0.15) is 0 Å². The van der Waals surface area contributed by atoms with Crippen LogP contribution >= 0.6 is 11.6 Å². The summed E-state index contributed by atoms with van der Waals surface area (Å²) in [5, 5.41) is 27.6. The summed E-state index contributed by atoms with van der Waals surface area (Å²) in [6.07, 6.45) is 0. The molecule has 100 valence electrons. The third-order valence-electron chi connectivity index (χ3n) is 2.83. The van der Waals surface area contributed by atoms with E-state index in [-0.39, 0.29) is 16.9 Å². The first-order chi connectivity index (χ1) is 9.59. The minimum Gasteiger partial charge on any atom is -0.692 e. The minimum absolute atomic E-state index is 0.0831. The topological polar surface area (TPSA) is 87.9 Å². The molecule has 0 atom stereocenters. The predicted molar refractivity (Wildman–Crippen MR) is 71.7 cm³/mol. The van der Waals surface area contributed by atoms with Crippen molar-refractivity contribution in [1.29, 1.82) is 0 Å². The predicted octanol–water partition coefficient (Wildman–Crippen LogP) is 2.22. The molecule has 0 unspecified atom stereocenters. The van der Waals surface area contributed by atoms with Crippen molar-refractivity contribution in [3.05, 3.63) is 62.8 Å². The molecule has 7 nitrogen and oxygen atoms in total. The fourth-order valence-corrected chi connectivity index (χ4v) is 2.14. The number of aromatic nitrogens is 3. The standard InChI is InChI=1S/C12H7ClN4O3/c13-8-4-3-7-11-12(8)14-15(16(11)18)9-5-1-2-6-10(9)17(19)20/h1-7H. The Balaban J connectivity index is 2.34. The molecule has 0 radical (unpaired) electrons. The minimum atomic E-state index is -0.566. The van der Waals surface area contributed by atoms with E-state index in [1.54, 1.807) is 24.3 Å². The first-order valence-electron chi connectivity index (χ1n) is 5.60. The molecule has 1 heterocycles.